The molecule has 0 saturated heterocycles. The van der Waals surface area contributed by atoms with Crippen molar-refractivity contribution in [2.75, 3.05) is 10.6 Å². The number of nitrogens with one attached hydrogen (secondary N) is 2. The van der Waals surface area contributed by atoms with Gasteiger partial charge >= 0.3 is 6.36 Å². The van der Waals surface area contributed by atoms with Crippen molar-refractivity contribution in [2.24, 2.45) is 0 Å². The SMILES string of the molecule is FC(F)(F)Oc1ccccc1Nc1cc(-c2cccnc2)nc(NC2CC2)n1. The maximum absolute atomic E-state index is 12.7. The molecule has 1 fully saturated rings. The van der Waals surface area contributed by atoms with E-state index in [1.165, 1.54) is 18.2 Å². The van der Waals surface area contributed by atoms with Gasteiger partial charge in [-0.15, -0.1) is 13.2 Å². The fourth-order valence-electron chi connectivity index (χ4n) is 2.57. The molecular formula is C19H16F3N5O. The Morgan fingerprint density at radius 3 is 2.57 bits per heavy atom. The molecule has 0 bridgehead atoms. The highest BCUT2D eigenvalue weighted by molar-refractivity contribution is 5.69. The third kappa shape index (κ3) is 4.67. The van der Waals surface area contributed by atoms with Crippen molar-refractivity contribution in [1.29, 1.82) is 0 Å². The van der Waals surface area contributed by atoms with Gasteiger partial charge in [-0.1, -0.05) is 12.1 Å². The molecule has 1 aliphatic carbocycles. The summed E-state index contributed by atoms with van der Waals surface area (Å²) < 4.78 is 42.1. The van der Waals surface area contributed by atoms with Crippen molar-refractivity contribution in [3.63, 3.8) is 0 Å². The molecule has 6 nitrogen and oxygen atoms in total. The number of rotatable bonds is 6. The number of anilines is 3. The minimum atomic E-state index is -4.79. The minimum Gasteiger partial charge on any atom is -0.404 e. The van der Waals surface area contributed by atoms with Crippen molar-refractivity contribution in [3.8, 4) is 17.0 Å². The number of nitrogens with zero attached hydrogens (tertiary/aromatic N) is 3. The number of pyridine rings is 1. The Morgan fingerprint density at radius 1 is 1.04 bits per heavy atom. The van der Waals surface area contributed by atoms with E-state index >= 15 is 0 Å². The number of hydrogen-bond donors (Lipinski definition) is 2. The van der Waals surface area contributed by atoms with Gasteiger partial charge in [0.2, 0.25) is 5.95 Å². The van der Waals surface area contributed by atoms with Crippen LogP contribution in [0, 0.1) is 0 Å². The van der Waals surface area contributed by atoms with E-state index in [-0.39, 0.29) is 11.4 Å². The van der Waals surface area contributed by atoms with Crippen LogP contribution < -0.4 is 15.4 Å². The van der Waals surface area contributed by atoms with E-state index in [1.54, 1.807) is 30.6 Å². The van der Waals surface area contributed by atoms with E-state index in [4.69, 9.17) is 0 Å². The molecule has 28 heavy (non-hydrogen) atoms. The first-order chi connectivity index (χ1) is 13.5. The largest absolute Gasteiger partial charge is 0.573 e. The summed E-state index contributed by atoms with van der Waals surface area (Å²) in [6.45, 7) is 0. The van der Waals surface area contributed by atoms with Gasteiger partial charge in [-0.25, -0.2) is 4.98 Å². The summed E-state index contributed by atoms with van der Waals surface area (Å²) in [6.07, 6.45) is 0.589. The Morgan fingerprint density at radius 2 is 1.86 bits per heavy atom. The van der Waals surface area contributed by atoms with E-state index in [0.29, 0.717) is 23.5 Å². The molecule has 144 valence electrons. The molecule has 3 aromatic rings. The Kier molecular flexibility index (Phi) is 4.72. The summed E-state index contributed by atoms with van der Waals surface area (Å²) in [5, 5.41) is 6.11. The van der Waals surface area contributed by atoms with Crippen LogP contribution in [0.1, 0.15) is 12.8 Å². The van der Waals surface area contributed by atoms with Crippen LogP contribution in [0.15, 0.2) is 54.9 Å². The Hall–Kier alpha value is -3.36. The Bertz CT molecular complexity index is 961. The predicted molar refractivity (Wildman–Crippen MR) is 98.3 cm³/mol. The highest BCUT2D eigenvalue weighted by Crippen LogP contribution is 2.33. The quantitative estimate of drug-likeness (QED) is 0.636. The van der Waals surface area contributed by atoms with Gasteiger partial charge in [0.25, 0.3) is 0 Å². The van der Waals surface area contributed by atoms with Crippen LogP contribution in [0.4, 0.5) is 30.6 Å². The van der Waals surface area contributed by atoms with Gasteiger partial charge in [-0.05, 0) is 37.1 Å². The number of benzene rings is 1. The molecule has 0 radical (unpaired) electrons. The van der Waals surface area contributed by atoms with Crippen molar-refractivity contribution < 1.29 is 17.9 Å². The van der Waals surface area contributed by atoms with Gasteiger partial charge in [-0.3, -0.25) is 4.98 Å². The summed E-state index contributed by atoms with van der Waals surface area (Å²) >= 11 is 0. The van der Waals surface area contributed by atoms with E-state index in [9.17, 15) is 13.2 Å². The molecular weight excluding hydrogens is 371 g/mol. The first-order valence-corrected chi connectivity index (χ1v) is 8.64. The zero-order valence-corrected chi connectivity index (χ0v) is 14.6. The van der Waals surface area contributed by atoms with Crippen LogP contribution in [-0.2, 0) is 0 Å². The molecule has 1 aliphatic rings. The lowest BCUT2D eigenvalue weighted by molar-refractivity contribution is -0.274. The maximum atomic E-state index is 12.7. The van der Waals surface area contributed by atoms with Crippen molar-refractivity contribution in [1.82, 2.24) is 15.0 Å². The molecule has 2 heterocycles. The van der Waals surface area contributed by atoms with E-state index in [0.717, 1.165) is 18.4 Å². The predicted octanol–water partition coefficient (Wildman–Crippen LogP) is 4.76. The van der Waals surface area contributed by atoms with Crippen molar-refractivity contribution in [3.05, 3.63) is 54.9 Å². The highest BCUT2D eigenvalue weighted by atomic mass is 19.4. The molecule has 0 amide bonds. The fourth-order valence-corrected chi connectivity index (χ4v) is 2.57. The number of para-hydroxylation sites is 2. The van der Waals surface area contributed by atoms with Crippen LogP contribution in [-0.4, -0.2) is 27.4 Å². The molecule has 2 aromatic heterocycles. The van der Waals surface area contributed by atoms with E-state index in [2.05, 4.69) is 30.3 Å². The zero-order chi connectivity index (χ0) is 19.6. The molecule has 1 saturated carbocycles. The van der Waals surface area contributed by atoms with Gasteiger partial charge in [0.15, 0.2) is 5.75 Å². The summed E-state index contributed by atoms with van der Waals surface area (Å²) in [5.41, 5.74) is 1.52. The van der Waals surface area contributed by atoms with Crippen molar-refractivity contribution >= 4 is 17.5 Å². The number of ether oxygens (including phenoxy) is 1. The third-order valence-corrected chi connectivity index (χ3v) is 3.97. The van der Waals surface area contributed by atoms with Crippen LogP contribution in [0.3, 0.4) is 0 Å². The van der Waals surface area contributed by atoms with Crippen molar-refractivity contribution in [2.45, 2.75) is 25.2 Å². The van der Waals surface area contributed by atoms with Gasteiger partial charge in [-0.2, -0.15) is 4.98 Å². The standard InChI is InChI=1S/C19H16F3N5O/c20-19(21,22)28-16-6-2-1-5-14(16)25-17-10-15(12-4-3-9-23-11-12)26-18(27-17)24-13-7-8-13/h1-6,9-11,13H,7-8H2,(H2,24,25,26,27). The van der Waals surface area contributed by atoms with Crippen LogP contribution in [0.2, 0.25) is 0 Å². The summed E-state index contributed by atoms with van der Waals surface area (Å²) in [4.78, 5) is 13.0. The number of halogens is 3. The van der Waals surface area contributed by atoms with Gasteiger partial charge in [0.05, 0.1) is 11.4 Å². The topological polar surface area (TPSA) is 72.0 Å². The lowest BCUT2D eigenvalue weighted by Gasteiger charge is -2.15. The van der Waals surface area contributed by atoms with Gasteiger partial charge in [0.1, 0.15) is 5.82 Å². The second-order valence-electron chi connectivity index (χ2n) is 6.29. The van der Waals surface area contributed by atoms with Crippen LogP contribution in [0.25, 0.3) is 11.3 Å². The lowest BCUT2D eigenvalue weighted by atomic mass is 10.2. The minimum absolute atomic E-state index is 0.146. The molecule has 0 atom stereocenters. The average Bonchev–Trinajstić information content (AvgIpc) is 3.47. The molecule has 9 heteroatoms. The maximum Gasteiger partial charge on any atom is 0.573 e. The number of aromatic nitrogens is 3. The Labute approximate surface area is 158 Å². The Balaban J connectivity index is 1.67. The van der Waals surface area contributed by atoms with E-state index < -0.39 is 6.36 Å². The monoisotopic (exact) mass is 387 g/mol. The second-order valence-corrected chi connectivity index (χ2v) is 6.29. The number of hydrogen-bond acceptors (Lipinski definition) is 6. The highest BCUT2D eigenvalue weighted by Gasteiger charge is 2.32. The number of alkyl halides is 3. The third-order valence-electron chi connectivity index (χ3n) is 3.97. The molecule has 0 spiro atoms. The fraction of sp³-hybridized carbons (Fsp3) is 0.211. The van der Waals surface area contributed by atoms with E-state index in [1.807, 2.05) is 6.07 Å². The molecule has 0 unspecified atom stereocenters. The molecule has 4 rings (SSSR count). The first-order valence-electron chi connectivity index (χ1n) is 8.64. The van der Waals surface area contributed by atoms with Gasteiger partial charge in [0, 0.05) is 30.1 Å². The smallest absolute Gasteiger partial charge is 0.404 e. The molecule has 0 aliphatic heterocycles. The molecule has 1 aromatic carbocycles. The second kappa shape index (κ2) is 7.34. The van der Waals surface area contributed by atoms with Crippen LogP contribution in [0.5, 0.6) is 5.75 Å². The first kappa shape index (κ1) is 18.0. The normalized spacial score (nSPS) is 13.8. The zero-order valence-electron chi connectivity index (χ0n) is 14.6. The summed E-state index contributed by atoms with van der Waals surface area (Å²) in [7, 11) is 0. The van der Waals surface area contributed by atoms with Gasteiger partial charge < -0.3 is 15.4 Å². The molecule has 2 N–H and O–H groups in total. The summed E-state index contributed by atoms with van der Waals surface area (Å²) in [6, 6.07) is 11.4. The summed E-state index contributed by atoms with van der Waals surface area (Å²) in [5.74, 6) is 0.407. The van der Waals surface area contributed by atoms with Crippen LogP contribution >= 0.6 is 0 Å². The lowest BCUT2D eigenvalue weighted by Crippen LogP contribution is -2.18. The average molecular weight is 387 g/mol.